The molecule has 1 saturated carbocycles. The van der Waals surface area contributed by atoms with Gasteiger partial charge in [-0.05, 0) is 58.1 Å². The number of hydrogen-bond acceptors (Lipinski definition) is 4. The topological polar surface area (TPSA) is 81.8 Å². The van der Waals surface area contributed by atoms with Crippen LogP contribution in [-0.2, 0) is 0 Å². The number of anilines is 1. The van der Waals surface area contributed by atoms with E-state index in [-0.39, 0.29) is 23.9 Å². The third kappa shape index (κ3) is 4.47. The highest BCUT2D eigenvalue weighted by molar-refractivity contribution is 6.22. The quantitative estimate of drug-likeness (QED) is 0.594. The maximum absolute atomic E-state index is 12.8. The number of rotatable bonds is 6. The summed E-state index contributed by atoms with van der Waals surface area (Å²) in [5.74, 6) is -0.446. The molecule has 146 valence electrons. The molecule has 3 rings (SSSR count). The number of nitrogens with zero attached hydrogens (tertiary/aromatic N) is 2. The fourth-order valence-corrected chi connectivity index (χ4v) is 3.78. The molecular formula is C20H28N4O3. The third-order valence-corrected chi connectivity index (χ3v) is 5.18. The van der Waals surface area contributed by atoms with Crippen molar-refractivity contribution in [1.82, 2.24) is 15.1 Å². The Morgan fingerprint density at radius 2 is 1.81 bits per heavy atom. The van der Waals surface area contributed by atoms with Crippen LogP contribution in [-0.4, -0.2) is 60.9 Å². The zero-order valence-electron chi connectivity index (χ0n) is 16.1. The number of carbonyl (C=O) groups is 3. The summed E-state index contributed by atoms with van der Waals surface area (Å²) in [5.41, 5.74) is 1.34. The minimum absolute atomic E-state index is 0.00237. The van der Waals surface area contributed by atoms with E-state index in [4.69, 9.17) is 0 Å². The van der Waals surface area contributed by atoms with Crippen LogP contribution in [0.15, 0.2) is 18.2 Å². The molecule has 1 aliphatic heterocycles. The molecule has 1 aliphatic carbocycles. The van der Waals surface area contributed by atoms with Crippen LogP contribution in [0.1, 0.15) is 59.2 Å². The molecule has 7 heteroatoms. The van der Waals surface area contributed by atoms with Crippen LogP contribution >= 0.6 is 0 Å². The molecule has 1 aromatic rings. The Balaban J connectivity index is 1.62. The maximum atomic E-state index is 12.8. The monoisotopic (exact) mass is 372 g/mol. The fourth-order valence-electron chi connectivity index (χ4n) is 3.78. The van der Waals surface area contributed by atoms with E-state index in [9.17, 15) is 14.4 Å². The van der Waals surface area contributed by atoms with Gasteiger partial charge in [-0.1, -0.05) is 19.3 Å². The zero-order valence-corrected chi connectivity index (χ0v) is 16.1. The van der Waals surface area contributed by atoms with Crippen LogP contribution < -0.4 is 10.6 Å². The first-order chi connectivity index (χ1) is 13.0. The Morgan fingerprint density at radius 1 is 1.11 bits per heavy atom. The second-order valence-corrected chi connectivity index (χ2v) is 7.57. The summed E-state index contributed by atoms with van der Waals surface area (Å²) in [6.45, 7) is 1.47. The van der Waals surface area contributed by atoms with Crippen LogP contribution in [0.3, 0.4) is 0 Å². The lowest BCUT2D eigenvalue weighted by atomic mass is 9.94. The zero-order chi connectivity index (χ0) is 19.4. The van der Waals surface area contributed by atoms with E-state index in [2.05, 4.69) is 15.5 Å². The number of carbonyl (C=O) groups excluding carboxylic acids is 3. The molecular weight excluding hydrogens is 344 g/mol. The molecule has 2 N–H and O–H groups in total. The van der Waals surface area contributed by atoms with Gasteiger partial charge >= 0.3 is 6.03 Å². The van der Waals surface area contributed by atoms with Gasteiger partial charge in [0.25, 0.3) is 11.8 Å². The highest BCUT2D eigenvalue weighted by Gasteiger charge is 2.40. The van der Waals surface area contributed by atoms with E-state index in [1.54, 1.807) is 18.2 Å². The van der Waals surface area contributed by atoms with Crippen LogP contribution in [0.25, 0.3) is 0 Å². The van der Waals surface area contributed by atoms with Crippen molar-refractivity contribution in [3.8, 4) is 0 Å². The summed E-state index contributed by atoms with van der Waals surface area (Å²) in [5, 5.41) is 5.54. The molecule has 0 bridgehead atoms. The van der Waals surface area contributed by atoms with Crippen LogP contribution in [0.2, 0.25) is 0 Å². The molecule has 7 nitrogen and oxygen atoms in total. The van der Waals surface area contributed by atoms with Crippen molar-refractivity contribution in [1.29, 1.82) is 0 Å². The van der Waals surface area contributed by atoms with Gasteiger partial charge in [-0.15, -0.1) is 0 Å². The number of imide groups is 1. The van der Waals surface area contributed by atoms with Gasteiger partial charge in [-0.3, -0.25) is 14.5 Å². The second kappa shape index (κ2) is 8.52. The fraction of sp³-hybridized carbons (Fsp3) is 0.550. The molecule has 27 heavy (non-hydrogen) atoms. The van der Waals surface area contributed by atoms with E-state index in [0.29, 0.717) is 23.4 Å². The first-order valence-corrected chi connectivity index (χ1v) is 9.69. The van der Waals surface area contributed by atoms with Gasteiger partial charge in [0.1, 0.15) is 0 Å². The number of amides is 4. The molecule has 1 aromatic carbocycles. The van der Waals surface area contributed by atoms with Gasteiger partial charge < -0.3 is 15.5 Å². The molecule has 0 atom stereocenters. The standard InChI is InChI=1S/C20H28N4O3/c1-23(2)12-6-11-21-20(27)22-14-9-10-16-17(13-14)19(26)24(18(16)25)15-7-4-3-5-8-15/h9-10,13,15H,3-8,11-12H2,1-2H3,(H2,21,22,27). The van der Waals surface area contributed by atoms with Gasteiger partial charge in [0.2, 0.25) is 0 Å². The molecule has 1 heterocycles. The van der Waals surface area contributed by atoms with Gasteiger partial charge in [0.15, 0.2) is 0 Å². The van der Waals surface area contributed by atoms with Crippen molar-refractivity contribution in [3.05, 3.63) is 29.3 Å². The van der Waals surface area contributed by atoms with E-state index in [1.807, 2.05) is 14.1 Å². The summed E-state index contributed by atoms with van der Waals surface area (Å²) < 4.78 is 0. The van der Waals surface area contributed by atoms with Crippen molar-refractivity contribution < 1.29 is 14.4 Å². The average Bonchev–Trinajstić information content (AvgIpc) is 2.90. The van der Waals surface area contributed by atoms with Gasteiger partial charge in [-0.25, -0.2) is 4.79 Å². The molecule has 0 saturated heterocycles. The summed E-state index contributed by atoms with van der Waals surface area (Å²) in [7, 11) is 3.97. The first kappa shape index (κ1) is 19.4. The molecule has 2 aliphatic rings. The summed E-state index contributed by atoms with van der Waals surface area (Å²) in [6.07, 6.45) is 5.89. The SMILES string of the molecule is CN(C)CCCNC(=O)Nc1ccc2c(c1)C(=O)N(C1CCCCC1)C2=O. The van der Waals surface area contributed by atoms with E-state index in [1.165, 1.54) is 4.90 Å². The Morgan fingerprint density at radius 3 is 2.52 bits per heavy atom. The minimum Gasteiger partial charge on any atom is -0.338 e. The van der Waals surface area contributed by atoms with E-state index in [0.717, 1.165) is 45.1 Å². The number of urea groups is 1. The maximum Gasteiger partial charge on any atom is 0.319 e. The average molecular weight is 372 g/mol. The predicted octanol–water partition coefficient (Wildman–Crippen LogP) is 2.69. The molecule has 0 aromatic heterocycles. The summed E-state index contributed by atoms with van der Waals surface area (Å²) >= 11 is 0. The molecule has 1 fully saturated rings. The van der Waals surface area contributed by atoms with Crippen LogP contribution in [0.4, 0.5) is 10.5 Å². The lowest BCUT2D eigenvalue weighted by molar-refractivity contribution is 0.0549. The highest BCUT2D eigenvalue weighted by Crippen LogP contribution is 2.32. The van der Waals surface area contributed by atoms with Crippen LogP contribution in [0, 0.1) is 0 Å². The Labute approximate surface area is 160 Å². The molecule has 0 radical (unpaired) electrons. The van der Waals surface area contributed by atoms with E-state index < -0.39 is 0 Å². The molecule has 0 unspecified atom stereocenters. The van der Waals surface area contributed by atoms with Crippen molar-refractivity contribution in [3.63, 3.8) is 0 Å². The minimum atomic E-state index is -0.311. The highest BCUT2D eigenvalue weighted by atomic mass is 16.2. The van der Waals surface area contributed by atoms with Crippen LogP contribution in [0.5, 0.6) is 0 Å². The van der Waals surface area contributed by atoms with Gasteiger partial charge in [0.05, 0.1) is 11.1 Å². The largest absolute Gasteiger partial charge is 0.338 e. The Kier molecular flexibility index (Phi) is 6.11. The lowest BCUT2D eigenvalue weighted by Crippen LogP contribution is -2.40. The summed E-state index contributed by atoms with van der Waals surface area (Å²) in [4.78, 5) is 41.0. The number of nitrogens with one attached hydrogen (secondary N) is 2. The molecule has 0 spiro atoms. The van der Waals surface area contributed by atoms with Crippen molar-refractivity contribution >= 4 is 23.5 Å². The number of fused-ring (bicyclic) bond motifs is 1. The van der Waals surface area contributed by atoms with Gasteiger partial charge in [-0.2, -0.15) is 0 Å². The van der Waals surface area contributed by atoms with Gasteiger partial charge in [0, 0.05) is 18.3 Å². The Hall–Kier alpha value is -2.41. The predicted molar refractivity (Wildman–Crippen MR) is 104 cm³/mol. The third-order valence-electron chi connectivity index (χ3n) is 5.18. The first-order valence-electron chi connectivity index (χ1n) is 9.69. The van der Waals surface area contributed by atoms with Crippen molar-refractivity contribution in [2.75, 3.05) is 32.5 Å². The normalized spacial score (nSPS) is 17.4. The van der Waals surface area contributed by atoms with Crippen molar-refractivity contribution in [2.24, 2.45) is 0 Å². The van der Waals surface area contributed by atoms with Crippen molar-refractivity contribution in [2.45, 2.75) is 44.6 Å². The lowest BCUT2D eigenvalue weighted by Gasteiger charge is -2.29. The summed E-state index contributed by atoms with van der Waals surface area (Å²) in [6, 6.07) is 4.61. The number of benzene rings is 1. The second-order valence-electron chi connectivity index (χ2n) is 7.57. The Bertz CT molecular complexity index is 726. The smallest absolute Gasteiger partial charge is 0.319 e. The number of hydrogen-bond donors (Lipinski definition) is 2. The molecule has 4 amide bonds. The van der Waals surface area contributed by atoms with E-state index >= 15 is 0 Å².